The van der Waals surface area contributed by atoms with Gasteiger partial charge in [-0.15, -0.1) is 0 Å². The van der Waals surface area contributed by atoms with Gasteiger partial charge in [0.1, 0.15) is 5.75 Å². The van der Waals surface area contributed by atoms with Gasteiger partial charge < -0.3 is 15.0 Å². The molecule has 0 aromatic heterocycles. The number of aryl methyl sites for hydroxylation is 1. The van der Waals surface area contributed by atoms with Gasteiger partial charge in [-0.2, -0.15) is 0 Å². The molecule has 138 valence electrons. The van der Waals surface area contributed by atoms with Crippen molar-refractivity contribution in [2.75, 3.05) is 12.4 Å². The summed E-state index contributed by atoms with van der Waals surface area (Å²) in [6.07, 6.45) is 0. The Hall–Kier alpha value is -2.85. The highest BCUT2D eigenvalue weighted by molar-refractivity contribution is 7.80. The number of anilines is 1. The van der Waals surface area contributed by atoms with E-state index in [1.807, 2.05) is 37.3 Å². The first kappa shape index (κ1) is 18.9. The molecule has 3 nitrogen and oxygen atoms in total. The first-order chi connectivity index (χ1) is 13.2. The number of nitrogens with zero attached hydrogens (tertiary/aromatic N) is 1. The van der Waals surface area contributed by atoms with Crippen molar-refractivity contribution in [1.82, 2.24) is 4.90 Å². The van der Waals surface area contributed by atoms with E-state index in [0.717, 1.165) is 30.1 Å². The number of thiocarbonyl (C=S) groups is 1. The predicted octanol–water partition coefficient (Wildman–Crippen LogP) is 5.40. The van der Waals surface area contributed by atoms with Gasteiger partial charge in [-0.05, 0) is 48.0 Å². The van der Waals surface area contributed by atoms with Gasteiger partial charge in [-0.3, -0.25) is 0 Å². The van der Waals surface area contributed by atoms with Crippen LogP contribution in [0, 0.1) is 6.92 Å². The lowest BCUT2D eigenvalue weighted by Gasteiger charge is -2.27. The molecule has 0 aliphatic heterocycles. The molecule has 0 unspecified atom stereocenters. The summed E-state index contributed by atoms with van der Waals surface area (Å²) in [5.74, 6) is 0.789. The molecule has 0 heterocycles. The van der Waals surface area contributed by atoms with Crippen LogP contribution >= 0.6 is 12.2 Å². The van der Waals surface area contributed by atoms with Crippen molar-refractivity contribution in [2.45, 2.75) is 20.0 Å². The highest BCUT2D eigenvalue weighted by atomic mass is 32.1. The Morgan fingerprint density at radius 1 is 0.889 bits per heavy atom. The Bertz CT molecular complexity index is 840. The molecule has 3 rings (SSSR count). The highest BCUT2D eigenvalue weighted by Crippen LogP contribution is 2.26. The summed E-state index contributed by atoms with van der Waals surface area (Å²) in [5, 5.41) is 4.03. The smallest absolute Gasteiger partial charge is 0.174 e. The third-order valence-electron chi connectivity index (χ3n) is 4.32. The van der Waals surface area contributed by atoms with Crippen LogP contribution in [0.4, 0.5) is 5.69 Å². The standard InChI is InChI=1S/C23H24N2OS/c1-18-13-14-21(22(15-18)26-2)24-23(27)25(16-19-9-5-3-6-10-19)17-20-11-7-4-8-12-20/h3-15H,16-17H2,1-2H3,(H,24,27). The largest absolute Gasteiger partial charge is 0.495 e. The molecule has 0 atom stereocenters. The average molecular weight is 377 g/mol. The molecule has 0 saturated carbocycles. The van der Waals surface area contributed by atoms with E-state index in [4.69, 9.17) is 17.0 Å². The van der Waals surface area contributed by atoms with Crippen LogP contribution in [-0.2, 0) is 13.1 Å². The fourth-order valence-corrected chi connectivity index (χ4v) is 3.14. The SMILES string of the molecule is COc1cc(C)ccc1NC(=S)N(Cc1ccccc1)Cc1ccccc1. The summed E-state index contributed by atoms with van der Waals surface area (Å²) in [4.78, 5) is 2.17. The minimum atomic E-state index is 0.671. The van der Waals surface area contributed by atoms with Gasteiger partial charge >= 0.3 is 0 Å². The first-order valence-electron chi connectivity index (χ1n) is 8.94. The number of nitrogens with one attached hydrogen (secondary N) is 1. The molecule has 4 heteroatoms. The zero-order valence-electron chi connectivity index (χ0n) is 15.7. The average Bonchev–Trinajstić information content (AvgIpc) is 2.70. The molecule has 0 spiro atoms. The van der Waals surface area contributed by atoms with Gasteiger partial charge in [0, 0.05) is 13.1 Å². The van der Waals surface area contributed by atoms with Crippen molar-refractivity contribution in [3.05, 3.63) is 95.6 Å². The maximum Gasteiger partial charge on any atom is 0.174 e. The summed E-state index contributed by atoms with van der Waals surface area (Å²) in [6.45, 7) is 3.51. The molecule has 1 N–H and O–H groups in total. The molecule has 0 saturated heterocycles. The van der Waals surface area contributed by atoms with Gasteiger partial charge in [0.15, 0.2) is 5.11 Å². The van der Waals surface area contributed by atoms with E-state index in [0.29, 0.717) is 5.11 Å². The minimum Gasteiger partial charge on any atom is -0.495 e. The fourth-order valence-electron chi connectivity index (χ4n) is 2.90. The minimum absolute atomic E-state index is 0.671. The van der Waals surface area contributed by atoms with E-state index in [9.17, 15) is 0 Å². The second-order valence-corrected chi connectivity index (χ2v) is 6.85. The van der Waals surface area contributed by atoms with Crippen LogP contribution in [0.25, 0.3) is 0 Å². The number of methoxy groups -OCH3 is 1. The van der Waals surface area contributed by atoms with Crippen molar-refractivity contribution in [2.24, 2.45) is 0 Å². The number of benzene rings is 3. The van der Waals surface area contributed by atoms with E-state index < -0.39 is 0 Å². The third kappa shape index (κ3) is 5.31. The van der Waals surface area contributed by atoms with Gasteiger partial charge in [-0.25, -0.2) is 0 Å². The lowest BCUT2D eigenvalue weighted by atomic mass is 10.1. The van der Waals surface area contributed by atoms with Crippen molar-refractivity contribution in [1.29, 1.82) is 0 Å². The molecule has 0 aliphatic rings. The monoisotopic (exact) mass is 376 g/mol. The molecule has 3 aromatic rings. The van der Waals surface area contributed by atoms with Gasteiger partial charge in [0.2, 0.25) is 0 Å². The summed E-state index contributed by atoms with van der Waals surface area (Å²) < 4.78 is 5.50. The van der Waals surface area contributed by atoms with Crippen molar-refractivity contribution in [3.63, 3.8) is 0 Å². The lowest BCUT2D eigenvalue weighted by molar-refractivity contribution is 0.409. The molecule has 27 heavy (non-hydrogen) atoms. The summed E-state index contributed by atoms with van der Waals surface area (Å²) in [7, 11) is 1.68. The van der Waals surface area contributed by atoms with Crippen LogP contribution in [0.1, 0.15) is 16.7 Å². The topological polar surface area (TPSA) is 24.5 Å². The first-order valence-corrected chi connectivity index (χ1v) is 9.35. The number of rotatable bonds is 6. The van der Waals surface area contributed by atoms with Gasteiger partial charge in [0.05, 0.1) is 12.8 Å². The Morgan fingerprint density at radius 2 is 1.44 bits per heavy atom. The summed E-state index contributed by atoms with van der Waals surface area (Å²) in [6, 6.07) is 26.8. The molecular weight excluding hydrogens is 352 g/mol. The van der Waals surface area contributed by atoms with E-state index in [1.54, 1.807) is 7.11 Å². The van der Waals surface area contributed by atoms with Crippen LogP contribution in [0.5, 0.6) is 5.75 Å². The Balaban J connectivity index is 1.81. The Morgan fingerprint density at radius 3 is 1.96 bits per heavy atom. The zero-order chi connectivity index (χ0) is 19.1. The van der Waals surface area contributed by atoms with Crippen LogP contribution in [-0.4, -0.2) is 17.1 Å². The molecule has 3 aromatic carbocycles. The maximum atomic E-state index is 5.76. The fraction of sp³-hybridized carbons (Fsp3) is 0.174. The molecule has 0 aliphatic carbocycles. The van der Waals surface area contributed by atoms with Crippen LogP contribution < -0.4 is 10.1 Å². The quantitative estimate of drug-likeness (QED) is 0.582. The summed E-state index contributed by atoms with van der Waals surface area (Å²) >= 11 is 5.76. The van der Waals surface area contributed by atoms with Crippen LogP contribution in [0.2, 0.25) is 0 Å². The van der Waals surface area contributed by atoms with E-state index in [-0.39, 0.29) is 0 Å². The molecule has 0 radical (unpaired) electrons. The molecule has 0 bridgehead atoms. The second-order valence-electron chi connectivity index (χ2n) is 6.46. The number of hydrogen-bond acceptors (Lipinski definition) is 2. The van der Waals surface area contributed by atoms with E-state index in [1.165, 1.54) is 11.1 Å². The maximum absolute atomic E-state index is 5.76. The highest BCUT2D eigenvalue weighted by Gasteiger charge is 2.13. The zero-order valence-corrected chi connectivity index (χ0v) is 16.5. The van der Waals surface area contributed by atoms with Gasteiger partial charge in [-0.1, -0.05) is 66.7 Å². The predicted molar refractivity (Wildman–Crippen MR) is 116 cm³/mol. The van der Waals surface area contributed by atoms with E-state index in [2.05, 4.69) is 58.7 Å². The molecule has 0 fully saturated rings. The van der Waals surface area contributed by atoms with E-state index >= 15 is 0 Å². The van der Waals surface area contributed by atoms with Gasteiger partial charge in [0.25, 0.3) is 0 Å². The molecule has 0 amide bonds. The normalized spacial score (nSPS) is 10.3. The Kier molecular flexibility index (Phi) is 6.44. The number of ether oxygens (including phenoxy) is 1. The second kappa shape index (κ2) is 9.19. The van der Waals surface area contributed by atoms with Crippen LogP contribution in [0.3, 0.4) is 0 Å². The van der Waals surface area contributed by atoms with Crippen molar-refractivity contribution >= 4 is 23.0 Å². The lowest BCUT2D eigenvalue weighted by Crippen LogP contribution is -2.34. The number of hydrogen-bond donors (Lipinski definition) is 1. The summed E-state index contributed by atoms with van der Waals surface area (Å²) in [5.41, 5.74) is 4.45. The van der Waals surface area contributed by atoms with Crippen molar-refractivity contribution < 1.29 is 4.74 Å². The molecular formula is C23H24N2OS. The van der Waals surface area contributed by atoms with Crippen molar-refractivity contribution in [3.8, 4) is 5.75 Å². The third-order valence-corrected chi connectivity index (χ3v) is 4.68. The van der Waals surface area contributed by atoms with Crippen LogP contribution in [0.15, 0.2) is 78.9 Å². The Labute approximate surface area is 166 Å².